The number of halogens is 1. The summed E-state index contributed by atoms with van der Waals surface area (Å²) in [4.78, 5) is 0. The average molecular weight is 139 g/mol. The largest absolute Gasteiger partial charge is 0.232 e. The van der Waals surface area contributed by atoms with Gasteiger partial charge in [0.25, 0.3) is 0 Å². The van der Waals surface area contributed by atoms with Crippen LogP contribution in [0.3, 0.4) is 0 Å². The highest BCUT2D eigenvalue weighted by Crippen LogP contribution is 1.94. The molecule has 0 unspecified atom stereocenters. The topological polar surface area (TPSA) is 92.2 Å². The molecule has 0 spiro atoms. The van der Waals surface area contributed by atoms with Crippen LogP contribution in [-0.4, -0.2) is 0 Å². The summed E-state index contributed by atoms with van der Waals surface area (Å²) in [5.74, 6) is 0. The van der Waals surface area contributed by atoms with Gasteiger partial charge in [-0.25, -0.2) is 18.6 Å². The maximum atomic E-state index is 8.49. The third kappa shape index (κ3) is 217. The quantitative estimate of drug-likeness (QED) is 0.319. The summed E-state index contributed by atoms with van der Waals surface area (Å²) in [5, 5.41) is 0. The van der Waals surface area contributed by atoms with Gasteiger partial charge in [-0.1, -0.05) is 0 Å². The van der Waals surface area contributed by atoms with Crippen molar-refractivity contribution in [2.45, 2.75) is 6.42 Å². The first-order valence-corrected chi connectivity index (χ1v) is 2.90. The third-order valence-corrected chi connectivity index (χ3v) is 0.204. The van der Waals surface area contributed by atoms with Crippen molar-refractivity contribution in [3.05, 3.63) is 12.2 Å². The minimum atomic E-state index is -4.94. The summed E-state index contributed by atoms with van der Waals surface area (Å²) >= 11 is 0. The van der Waals surface area contributed by atoms with Gasteiger partial charge in [-0.05, 0) is 0 Å². The van der Waals surface area contributed by atoms with E-state index in [0.29, 0.717) is 0 Å². The zero-order valence-corrected chi connectivity index (χ0v) is 4.55. The Morgan fingerprint density at radius 2 is 1.38 bits per heavy atom. The van der Waals surface area contributed by atoms with E-state index < -0.39 is 10.2 Å². The highest BCUT2D eigenvalue weighted by Gasteiger charge is 2.04. The lowest BCUT2D eigenvalue weighted by Crippen LogP contribution is -2.68. The van der Waals surface area contributed by atoms with Crippen LogP contribution in [0, 0.1) is 16.3 Å². The molecule has 1 rings (SSSR count). The van der Waals surface area contributed by atoms with E-state index in [9.17, 15) is 0 Å². The minimum Gasteiger partial charge on any atom is -0.222 e. The Labute approximate surface area is 48.4 Å². The van der Waals surface area contributed by atoms with Crippen LogP contribution in [0.2, 0.25) is 0 Å². The molecule has 0 fully saturated rings. The summed E-state index contributed by atoms with van der Waals surface area (Å²) in [7, 11) is -4.94. The fourth-order valence-electron chi connectivity index (χ4n) is 0. The molecule has 0 heterocycles. The Morgan fingerprint density at radius 3 is 1.38 bits per heavy atom. The van der Waals surface area contributed by atoms with E-state index in [1.54, 1.807) is 0 Å². The van der Waals surface area contributed by atoms with Crippen molar-refractivity contribution >= 4 is 0 Å². The number of allylic oxidation sites excluding steroid dienone is 2. The second-order valence-corrected chi connectivity index (χ2v) is 1.75. The van der Waals surface area contributed by atoms with E-state index in [1.807, 2.05) is 6.08 Å². The van der Waals surface area contributed by atoms with Gasteiger partial charge >= 0.3 is 0 Å². The average Bonchev–Trinajstić information content (AvgIpc) is 1.95. The second-order valence-electron chi connectivity index (χ2n) is 0.990. The Kier molecular flexibility index (Phi) is 2.86. The summed E-state index contributed by atoms with van der Waals surface area (Å²) < 4.78 is 34.0. The number of hydrogen-bond acceptors (Lipinski definition) is 4. The van der Waals surface area contributed by atoms with Crippen molar-refractivity contribution in [2.24, 2.45) is 0 Å². The van der Waals surface area contributed by atoms with Gasteiger partial charge in [-0.2, -0.15) is 0 Å². The lowest BCUT2D eigenvalue weighted by Gasteiger charge is -2.17. The third-order valence-electron chi connectivity index (χ3n) is 0.204. The SMILES string of the molecule is [C+]1=CC1.[O-][Cl+3]([O-])([O-])[O-]. The van der Waals surface area contributed by atoms with E-state index in [4.69, 9.17) is 18.6 Å². The number of rotatable bonds is 0. The molecular weight excluding hydrogens is 135 g/mol. The van der Waals surface area contributed by atoms with Crippen LogP contribution in [0.4, 0.5) is 0 Å². The van der Waals surface area contributed by atoms with E-state index in [-0.39, 0.29) is 0 Å². The van der Waals surface area contributed by atoms with Crippen LogP contribution in [0.15, 0.2) is 6.08 Å². The first kappa shape index (κ1) is 7.78. The van der Waals surface area contributed by atoms with Gasteiger partial charge in [0.15, 0.2) is 0 Å². The molecular formula is C3H3ClO4. The molecule has 1 aliphatic carbocycles. The van der Waals surface area contributed by atoms with E-state index in [1.165, 1.54) is 0 Å². The van der Waals surface area contributed by atoms with Crippen molar-refractivity contribution in [2.75, 3.05) is 0 Å². The van der Waals surface area contributed by atoms with Gasteiger partial charge in [0.1, 0.15) is 0 Å². The van der Waals surface area contributed by atoms with E-state index in [2.05, 4.69) is 6.08 Å². The van der Waals surface area contributed by atoms with Crippen molar-refractivity contribution in [1.29, 1.82) is 0 Å². The van der Waals surface area contributed by atoms with Crippen LogP contribution in [0.25, 0.3) is 0 Å². The van der Waals surface area contributed by atoms with Crippen molar-refractivity contribution in [1.82, 2.24) is 0 Å². The molecule has 0 aromatic carbocycles. The highest BCUT2D eigenvalue weighted by molar-refractivity contribution is 4.92. The predicted octanol–water partition coefficient (Wildman–Crippen LogP) is -4.01. The lowest BCUT2D eigenvalue weighted by atomic mass is 10.9. The monoisotopic (exact) mass is 138 g/mol. The molecule has 0 atom stereocenters. The van der Waals surface area contributed by atoms with Crippen molar-refractivity contribution < 1.29 is 28.9 Å². The molecule has 8 heavy (non-hydrogen) atoms. The number of hydrogen-bond donors (Lipinski definition) is 0. The van der Waals surface area contributed by atoms with E-state index >= 15 is 0 Å². The first-order chi connectivity index (χ1) is 3.50. The van der Waals surface area contributed by atoms with Crippen LogP contribution < -0.4 is 18.6 Å². The van der Waals surface area contributed by atoms with Gasteiger partial charge < -0.3 is 0 Å². The Bertz CT molecular complexity index is 73.8. The molecule has 0 bridgehead atoms. The van der Waals surface area contributed by atoms with Gasteiger partial charge in [0.05, 0.1) is 0 Å². The predicted molar refractivity (Wildman–Crippen MR) is 12.4 cm³/mol. The molecule has 0 saturated heterocycles. The fraction of sp³-hybridized carbons (Fsp3) is 0.333. The molecule has 4 nitrogen and oxygen atoms in total. The van der Waals surface area contributed by atoms with Gasteiger partial charge in [-0.3, -0.25) is 0 Å². The van der Waals surface area contributed by atoms with Crippen LogP contribution in [0.1, 0.15) is 6.42 Å². The molecule has 46 valence electrons. The zero-order valence-electron chi connectivity index (χ0n) is 3.80. The molecule has 1 aliphatic rings. The Morgan fingerprint density at radius 1 is 1.25 bits per heavy atom. The smallest absolute Gasteiger partial charge is 0.222 e. The summed E-state index contributed by atoms with van der Waals surface area (Å²) in [6.45, 7) is 0. The molecule has 0 radical (unpaired) electrons. The molecule has 0 saturated carbocycles. The zero-order chi connectivity index (χ0) is 6.62. The van der Waals surface area contributed by atoms with Gasteiger partial charge in [0, 0.05) is 0 Å². The molecule has 0 amide bonds. The summed E-state index contributed by atoms with van der Waals surface area (Å²) in [6.07, 6.45) is 6.00. The van der Waals surface area contributed by atoms with Crippen molar-refractivity contribution in [3.63, 3.8) is 0 Å². The second kappa shape index (κ2) is 2.94. The Balaban J connectivity index is 0.000000135. The fourth-order valence-corrected chi connectivity index (χ4v) is 0. The maximum Gasteiger partial charge on any atom is 0.232 e. The van der Waals surface area contributed by atoms with Crippen LogP contribution in [0.5, 0.6) is 0 Å². The van der Waals surface area contributed by atoms with Gasteiger partial charge in [-0.15, -0.1) is 10.2 Å². The molecule has 0 aromatic rings. The lowest BCUT2D eigenvalue weighted by molar-refractivity contribution is -2.00. The van der Waals surface area contributed by atoms with E-state index in [0.717, 1.165) is 6.42 Å². The molecule has 0 N–H and O–H groups in total. The summed E-state index contributed by atoms with van der Waals surface area (Å²) in [6, 6.07) is 0. The highest BCUT2D eigenvalue weighted by atomic mass is 35.7. The molecule has 5 heteroatoms. The van der Waals surface area contributed by atoms with Crippen LogP contribution >= 0.6 is 0 Å². The molecule has 0 aromatic heterocycles. The minimum absolute atomic E-state index is 1.12. The summed E-state index contributed by atoms with van der Waals surface area (Å²) in [5.41, 5.74) is 0. The first-order valence-electron chi connectivity index (χ1n) is 1.67. The van der Waals surface area contributed by atoms with Crippen LogP contribution in [-0.2, 0) is 0 Å². The van der Waals surface area contributed by atoms with Crippen molar-refractivity contribution in [3.8, 4) is 0 Å². The standard InChI is InChI=1S/C3H3.ClHO4/c1-2-3-1;2-1(3,4)5/h1H,2H2;(H,2,3,4,5)/q+1;/p-1. The maximum absolute atomic E-state index is 8.49. The normalized spacial score (nSPS) is 13.5. The Hall–Kier alpha value is -0.220. The molecule has 0 aliphatic heterocycles. The van der Waals surface area contributed by atoms with Gasteiger partial charge in [0.2, 0.25) is 18.6 Å².